The van der Waals surface area contributed by atoms with Gasteiger partial charge < -0.3 is 14.4 Å². The lowest BCUT2D eigenvalue weighted by Crippen LogP contribution is -2.29. The largest absolute Gasteiger partial charge is 0.486 e. The molecule has 0 aromatic heterocycles. The van der Waals surface area contributed by atoms with E-state index in [0.717, 1.165) is 24.0 Å². The van der Waals surface area contributed by atoms with Gasteiger partial charge in [0.1, 0.15) is 13.2 Å². The molecular formula is C23H26N2O5S. The zero-order chi connectivity index (χ0) is 21.8. The normalized spacial score (nSPS) is 15.8. The number of carbonyl (C=O) groups is 1. The average Bonchev–Trinajstić information content (AvgIpc) is 3.59. The van der Waals surface area contributed by atoms with Crippen LogP contribution in [0.25, 0.3) is 6.08 Å². The molecule has 0 atom stereocenters. The molecule has 0 radical (unpaired) electrons. The van der Waals surface area contributed by atoms with Crippen molar-refractivity contribution in [2.75, 3.05) is 19.8 Å². The highest BCUT2D eigenvalue weighted by Crippen LogP contribution is 2.34. The van der Waals surface area contributed by atoms with Crippen molar-refractivity contribution in [3.8, 4) is 11.5 Å². The number of rotatable bonds is 8. The van der Waals surface area contributed by atoms with Crippen LogP contribution in [0.3, 0.4) is 0 Å². The summed E-state index contributed by atoms with van der Waals surface area (Å²) in [7, 11) is -3.48. The van der Waals surface area contributed by atoms with E-state index in [-0.39, 0.29) is 16.8 Å². The zero-order valence-corrected chi connectivity index (χ0v) is 18.2. The van der Waals surface area contributed by atoms with Crippen LogP contribution < -0.4 is 14.2 Å². The Kier molecular flexibility index (Phi) is 6.29. The summed E-state index contributed by atoms with van der Waals surface area (Å²) < 4.78 is 38.5. The number of sulfonamides is 1. The number of amides is 1. The molecule has 1 aliphatic carbocycles. The Balaban J connectivity index is 1.42. The van der Waals surface area contributed by atoms with Gasteiger partial charge in [-0.3, -0.25) is 4.79 Å². The third-order valence-electron chi connectivity index (χ3n) is 5.21. The molecule has 1 amide bonds. The van der Waals surface area contributed by atoms with Gasteiger partial charge in [0.15, 0.2) is 11.5 Å². The number of nitrogens with one attached hydrogen (secondary N) is 1. The van der Waals surface area contributed by atoms with E-state index in [1.54, 1.807) is 35.2 Å². The van der Waals surface area contributed by atoms with Crippen molar-refractivity contribution < 1.29 is 22.7 Å². The molecule has 7 nitrogen and oxygen atoms in total. The predicted molar refractivity (Wildman–Crippen MR) is 117 cm³/mol. The van der Waals surface area contributed by atoms with Gasteiger partial charge in [0.2, 0.25) is 15.9 Å². The first kappa shape index (κ1) is 21.4. The number of hydrogen-bond donors (Lipinski definition) is 1. The van der Waals surface area contributed by atoms with Crippen molar-refractivity contribution in [2.45, 2.75) is 37.2 Å². The Morgan fingerprint density at radius 1 is 1.13 bits per heavy atom. The Morgan fingerprint density at radius 2 is 1.87 bits per heavy atom. The minimum Gasteiger partial charge on any atom is -0.486 e. The van der Waals surface area contributed by atoms with Gasteiger partial charge in [-0.1, -0.05) is 24.3 Å². The fourth-order valence-corrected chi connectivity index (χ4v) is 4.63. The summed E-state index contributed by atoms with van der Waals surface area (Å²) in [6.45, 7) is 3.89. The van der Waals surface area contributed by atoms with Gasteiger partial charge >= 0.3 is 0 Å². The van der Waals surface area contributed by atoms with E-state index >= 15 is 0 Å². The molecule has 164 valence electrons. The number of benzene rings is 2. The van der Waals surface area contributed by atoms with Gasteiger partial charge in [-0.25, -0.2) is 13.1 Å². The highest BCUT2D eigenvalue weighted by atomic mass is 32.2. The Labute approximate surface area is 182 Å². The molecule has 0 bridgehead atoms. The predicted octanol–water partition coefficient (Wildman–Crippen LogP) is 2.96. The second-order valence-corrected chi connectivity index (χ2v) is 9.31. The summed E-state index contributed by atoms with van der Waals surface area (Å²) in [5, 5.41) is 0. The van der Waals surface area contributed by atoms with Crippen LogP contribution in [0.1, 0.15) is 30.9 Å². The van der Waals surface area contributed by atoms with Gasteiger partial charge in [0.05, 0.1) is 4.90 Å². The second-order valence-electron chi connectivity index (χ2n) is 7.59. The molecule has 8 heteroatoms. The van der Waals surface area contributed by atoms with E-state index < -0.39 is 10.0 Å². The van der Waals surface area contributed by atoms with Crippen molar-refractivity contribution in [3.63, 3.8) is 0 Å². The van der Waals surface area contributed by atoms with Crippen molar-refractivity contribution in [1.29, 1.82) is 0 Å². The Bertz CT molecular complexity index is 1080. The topological polar surface area (TPSA) is 84.9 Å². The van der Waals surface area contributed by atoms with E-state index in [2.05, 4.69) is 4.72 Å². The summed E-state index contributed by atoms with van der Waals surface area (Å²) in [4.78, 5) is 14.7. The van der Waals surface area contributed by atoms with E-state index in [0.29, 0.717) is 37.8 Å². The number of hydrogen-bond acceptors (Lipinski definition) is 5. The lowest BCUT2D eigenvalue weighted by atomic mass is 10.1. The van der Waals surface area contributed by atoms with Crippen molar-refractivity contribution in [3.05, 3.63) is 59.7 Å². The highest BCUT2D eigenvalue weighted by Gasteiger charge is 2.27. The summed E-state index contributed by atoms with van der Waals surface area (Å²) in [6.07, 6.45) is 4.97. The third-order valence-corrected chi connectivity index (χ3v) is 6.75. The molecule has 1 aliphatic heterocycles. The number of nitrogens with zero attached hydrogens (tertiary/aromatic N) is 1. The van der Waals surface area contributed by atoms with Crippen molar-refractivity contribution in [1.82, 2.24) is 9.62 Å². The van der Waals surface area contributed by atoms with Gasteiger partial charge in [-0.2, -0.15) is 0 Å². The molecule has 2 aliphatic rings. The summed E-state index contributed by atoms with van der Waals surface area (Å²) in [6, 6.07) is 12.3. The molecule has 1 fully saturated rings. The van der Waals surface area contributed by atoms with E-state index in [4.69, 9.17) is 9.47 Å². The number of fused-ring (bicyclic) bond motifs is 1. The van der Waals surface area contributed by atoms with Gasteiger partial charge in [0, 0.05) is 30.8 Å². The molecule has 0 spiro atoms. The first-order valence-electron chi connectivity index (χ1n) is 10.4. The van der Waals surface area contributed by atoms with E-state index in [1.807, 2.05) is 25.1 Å². The van der Waals surface area contributed by atoms with Gasteiger partial charge in [-0.05, 0) is 49.6 Å². The van der Waals surface area contributed by atoms with E-state index in [9.17, 15) is 13.2 Å². The SMILES string of the molecule is CCN(Cc1cccc2c1OCCO2)C(=O)/C=C/c1ccc(S(=O)(=O)NC2CC2)cc1. The molecule has 31 heavy (non-hydrogen) atoms. The minimum atomic E-state index is -3.48. The van der Waals surface area contributed by atoms with Gasteiger partial charge in [0.25, 0.3) is 0 Å². The highest BCUT2D eigenvalue weighted by molar-refractivity contribution is 7.89. The monoisotopic (exact) mass is 442 g/mol. The standard InChI is InChI=1S/C23H26N2O5S/c1-2-25(16-18-4-3-5-21-23(18)30-15-14-29-21)22(26)13-8-17-6-11-20(12-7-17)31(27,28)24-19-9-10-19/h3-8,11-13,19,24H,2,9-10,14-16H2,1H3/b13-8+. The minimum absolute atomic E-state index is 0.0643. The fraction of sp³-hybridized carbons (Fsp3) is 0.348. The zero-order valence-electron chi connectivity index (χ0n) is 17.4. The van der Waals surface area contributed by atoms with Crippen LogP contribution in [0.4, 0.5) is 0 Å². The number of ether oxygens (including phenoxy) is 2. The lowest BCUT2D eigenvalue weighted by Gasteiger charge is -2.24. The van der Waals surface area contributed by atoms with Crippen LogP contribution in [0.15, 0.2) is 53.4 Å². The number of likely N-dealkylation sites (N-methyl/N-ethyl adjacent to an activating group) is 1. The maximum Gasteiger partial charge on any atom is 0.246 e. The lowest BCUT2D eigenvalue weighted by molar-refractivity contribution is -0.126. The molecule has 4 rings (SSSR count). The maximum atomic E-state index is 12.7. The van der Waals surface area contributed by atoms with E-state index in [1.165, 1.54) is 6.08 Å². The number of para-hydroxylation sites is 1. The molecule has 1 saturated carbocycles. The van der Waals surface area contributed by atoms with Gasteiger partial charge in [-0.15, -0.1) is 0 Å². The Morgan fingerprint density at radius 3 is 2.58 bits per heavy atom. The van der Waals surface area contributed by atoms with Crippen LogP contribution >= 0.6 is 0 Å². The third kappa shape index (κ3) is 5.26. The number of carbonyl (C=O) groups excluding carboxylic acids is 1. The van der Waals surface area contributed by atoms with Crippen molar-refractivity contribution >= 4 is 22.0 Å². The molecule has 0 unspecified atom stereocenters. The molecule has 1 N–H and O–H groups in total. The quantitative estimate of drug-likeness (QED) is 0.636. The Hall–Kier alpha value is -2.84. The second kappa shape index (κ2) is 9.11. The van der Waals surface area contributed by atoms with Crippen LogP contribution in [0.5, 0.6) is 11.5 Å². The molecule has 0 saturated heterocycles. The van der Waals surface area contributed by atoms with Crippen LogP contribution in [0.2, 0.25) is 0 Å². The first-order chi connectivity index (χ1) is 15.0. The van der Waals surface area contributed by atoms with Crippen LogP contribution in [0, 0.1) is 0 Å². The van der Waals surface area contributed by atoms with Crippen LogP contribution in [-0.4, -0.2) is 45.0 Å². The fourth-order valence-electron chi connectivity index (χ4n) is 3.33. The molecule has 2 aromatic carbocycles. The van der Waals surface area contributed by atoms with Crippen LogP contribution in [-0.2, 0) is 21.4 Å². The maximum absolute atomic E-state index is 12.7. The molecule has 1 heterocycles. The summed E-state index contributed by atoms with van der Waals surface area (Å²) in [5.41, 5.74) is 1.65. The summed E-state index contributed by atoms with van der Waals surface area (Å²) >= 11 is 0. The molecule has 2 aromatic rings. The average molecular weight is 443 g/mol. The molecular weight excluding hydrogens is 416 g/mol. The first-order valence-corrected chi connectivity index (χ1v) is 11.9. The summed E-state index contributed by atoms with van der Waals surface area (Å²) in [5.74, 6) is 1.26. The van der Waals surface area contributed by atoms with Crippen molar-refractivity contribution in [2.24, 2.45) is 0 Å². The smallest absolute Gasteiger partial charge is 0.246 e.